The lowest BCUT2D eigenvalue weighted by atomic mass is 10.0. The molecule has 2 aromatic carbocycles. The monoisotopic (exact) mass is 476 g/mol. The summed E-state index contributed by atoms with van der Waals surface area (Å²) < 4.78 is 55.9. The molecule has 1 aromatic heterocycles. The number of sulfonamides is 2. The van der Waals surface area contributed by atoms with Crippen molar-refractivity contribution in [1.82, 2.24) is 4.31 Å². The summed E-state index contributed by atoms with van der Waals surface area (Å²) in [5.74, 6) is 0. The third kappa shape index (κ3) is 4.55. The summed E-state index contributed by atoms with van der Waals surface area (Å²) in [6.45, 7) is 4.49. The van der Waals surface area contributed by atoms with Crippen LogP contribution in [-0.2, 0) is 39.4 Å². The van der Waals surface area contributed by atoms with Gasteiger partial charge in [-0.2, -0.15) is 4.31 Å². The van der Waals surface area contributed by atoms with Gasteiger partial charge < -0.3 is 0 Å². The van der Waals surface area contributed by atoms with Crippen LogP contribution in [0.3, 0.4) is 0 Å². The molecule has 2 heterocycles. The molecular weight excluding hydrogens is 452 g/mol. The van der Waals surface area contributed by atoms with Crippen LogP contribution < -0.4 is 4.72 Å². The van der Waals surface area contributed by atoms with Crippen LogP contribution in [0, 0.1) is 6.92 Å². The Morgan fingerprint density at radius 1 is 0.968 bits per heavy atom. The lowest BCUT2D eigenvalue weighted by molar-refractivity contribution is 0.391. The average molecular weight is 477 g/mol. The van der Waals surface area contributed by atoms with E-state index in [4.69, 9.17) is 0 Å². The number of hydrogen-bond donors (Lipinski definition) is 1. The maximum atomic E-state index is 13.1. The standard InChI is InChI=1S/C22H24N2O4S3/c1-3-20-8-11-22(29-20)30(25,26)23-19-7-6-17-12-13-24(15-18(17)14-19)31(27,28)21-9-4-16(2)5-10-21/h4-11,14,23H,3,12-13,15H2,1-2H3. The molecule has 1 N–H and O–H groups in total. The van der Waals surface area contributed by atoms with Crippen molar-refractivity contribution in [2.75, 3.05) is 11.3 Å². The molecule has 6 nitrogen and oxygen atoms in total. The first-order chi connectivity index (χ1) is 14.7. The zero-order valence-corrected chi connectivity index (χ0v) is 19.8. The van der Waals surface area contributed by atoms with Gasteiger partial charge in [-0.05, 0) is 67.3 Å². The van der Waals surface area contributed by atoms with E-state index in [0.29, 0.717) is 18.7 Å². The van der Waals surface area contributed by atoms with Gasteiger partial charge in [0.2, 0.25) is 10.0 Å². The number of anilines is 1. The second-order valence-corrected chi connectivity index (χ2v) is 12.6. The van der Waals surface area contributed by atoms with Crippen LogP contribution in [0.25, 0.3) is 0 Å². The Labute approximate surface area is 187 Å². The van der Waals surface area contributed by atoms with Crippen LogP contribution in [-0.4, -0.2) is 27.7 Å². The van der Waals surface area contributed by atoms with Gasteiger partial charge in [0, 0.05) is 23.7 Å². The summed E-state index contributed by atoms with van der Waals surface area (Å²) in [5.41, 5.74) is 3.27. The minimum atomic E-state index is -3.68. The SMILES string of the molecule is CCc1ccc(S(=O)(=O)Nc2ccc3c(c2)CN(S(=O)(=O)c2ccc(C)cc2)CC3)s1. The minimum Gasteiger partial charge on any atom is -0.279 e. The van der Waals surface area contributed by atoms with E-state index in [0.717, 1.165) is 28.0 Å². The molecule has 0 amide bonds. The molecule has 0 aliphatic carbocycles. The van der Waals surface area contributed by atoms with E-state index in [-0.39, 0.29) is 15.6 Å². The van der Waals surface area contributed by atoms with Crippen LogP contribution in [0.5, 0.6) is 0 Å². The highest BCUT2D eigenvalue weighted by atomic mass is 32.2. The number of hydrogen-bond acceptors (Lipinski definition) is 5. The number of nitrogens with zero attached hydrogens (tertiary/aromatic N) is 1. The highest BCUT2D eigenvalue weighted by molar-refractivity contribution is 7.94. The first-order valence-electron chi connectivity index (χ1n) is 9.99. The maximum absolute atomic E-state index is 13.1. The van der Waals surface area contributed by atoms with Crippen LogP contribution in [0.1, 0.15) is 28.5 Å². The molecule has 0 unspecified atom stereocenters. The van der Waals surface area contributed by atoms with Crippen molar-refractivity contribution in [2.24, 2.45) is 0 Å². The molecule has 0 saturated heterocycles. The molecule has 1 aliphatic rings. The summed E-state index contributed by atoms with van der Waals surface area (Å²) in [6, 6.07) is 15.6. The Hall–Kier alpha value is -2.20. The van der Waals surface area contributed by atoms with Gasteiger partial charge in [0.15, 0.2) is 0 Å². The fourth-order valence-electron chi connectivity index (χ4n) is 3.56. The Balaban J connectivity index is 1.57. The van der Waals surface area contributed by atoms with Crippen LogP contribution in [0.2, 0.25) is 0 Å². The Morgan fingerprint density at radius 2 is 1.71 bits per heavy atom. The Kier molecular flexibility index (Phi) is 5.95. The van der Waals surface area contributed by atoms with Crippen molar-refractivity contribution >= 4 is 37.1 Å². The predicted octanol–water partition coefficient (Wildman–Crippen LogP) is 4.17. The molecule has 31 heavy (non-hydrogen) atoms. The van der Waals surface area contributed by atoms with E-state index in [9.17, 15) is 16.8 Å². The second-order valence-electron chi connectivity index (χ2n) is 7.56. The molecule has 0 bridgehead atoms. The van der Waals surface area contributed by atoms with Gasteiger partial charge in [-0.25, -0.2) is 16.8 Å². The lowest BCUT2D eigenvalue weighted by Crippen LogP contribution is -2.36. The smallest absolute Gasteiger partial charge is 0.271 e. The van der Waals surface area contributed by atoms with Gasteiger partial charge in [-0.1, -0.05) is 30.7 Å². The van der Waals surface area contributed by atoms with Crippen molar-refractivity contribution < 1.29 is 16.8 Å². The van der Waals surface area contributed by atoms with Crippen molar-refractivity contribution in [3.05, 3.63) is 76.2 Å². The first kappa shape index (κ1) is 22.0. The van der Waals surface area contributed by atoms with E-state index in [1.54, 1.807) is 42.5 Å². The normalized spacial score (nSPS) is 14.9. The topological polar surface area (TPSA) is 83.6 Å². The van der Waals surface area contributed by atoms with E-state index in [1.807, 2.05) is 26.0 Å². The number of thiophene rings is 1. The van der Waals surface area contributed by atoms with E-state index in [2.05, 4.69) is 4.72 Å². The maximum Gasteiger partial charge on any atom is 0.271 e. The molecule has 1 aliphatic heterocycles. The van der Waals surface area contributed by atoms with Gasteiger partial charge >= 0.3 is 0 Å². The molecule has 9 heteroatoms. The Morgan fingerprint density at radius 3 is 2.39 bits per heavy atom. The summed E-state index contributed by atoms with van der Waals surface area (Å²) in [4.78, 5) is 1.27. The van der Waals surface area contributed by atoms with E-state index >= 15 is 0 Å². The quantitative estimate of drug-likeness (QED) is 0.579. The molecule has 0 spiro atoms. The zero-order valence-electron chi connectivity index (χ0n) is 17.3. The molecule has 0 atom stereocenters. The number of nitrogens with one attached hydrogen (secondary N) is 1. The predicted molar refractivity (Wildman–Crippen MR) is 123 cm³/mol. The van der Waals surface area contributed by atoms with Gasteiger partial charge in [-0.15, -0.1) is 11.3 Å². The lowest BCUT2D eigenvalue weighted by Gasteiger charge is -2.28. The number of fused-ring (bicyclic) bond motifs is 1. The highest BCUT2D eigenvalue weighted by Crippen LogP contribution is 2.29. The molecular formula is C22H24N2O4S3. The largest absolute Gasteiger partial charge is 0.279 e. The number of rotatable bonds is 6. The van der Waals surface area contributed by atoms with Crippen LogP contribution in [0.4, 0.5) is 5.69 Å². The number of aryl methyl sites for hydroxylation is 2. The first-order valence-corrected chi connectivity index (χ1v) is 13.7. The summed E-state index contributed by atoms with van der Waals surface area (Å²) in [7, 11) is -7.30. The summed E-state index contributed by atoms with van der Waals surface area (Å²) in [5, 5.41) is 0. The van der Waals surface area contributed by atoms with Crippen molar-refractivity contribution in [3.8, 4) is 0 Å². The molecule has 3 aromatic rings. The molecule has 164 valence electrons. The Bertz CT molecular complexity index is 1310. The second kappa shape index (κ2) is 8.38. The summed E-state index contributed by atoms with van der Waals surface area (Å²) in [6.07, 6.45) is 1.36. The number of benzene rings is 2. The van der Waals surface area contributed by atoms with Crippen molar-refractivity contribution in [3.63, 3.8) is 0 Å². The van der Waals surface area contributed by atoms with Gasteiger partial charge in [0.05, 0.1) is 4.90 Å². The highest BCUT2D eigenvalue weighted by Gasteiger charge is 2.28. The minimum absolute atomic E-state index is 0.208. The fraction of sp³-hybridized carbons (Fsp3) is 0.273. The van der Waals surface area contributed by atoms with Crippen LogP contribution in [0.15, 0.2) is 63.7 Å². The van der Waals surface area contributed by atoms with Gasteiger partial charge in [0.1, 0.15) is 4.21 Å². The average Bonchev–Trinajstić information content (AvgIpc) is 3.24. The van der Waals surface area contributed by atoms with Gasteiger partial charge in [-0.3, -0.25) is 4.72 Å². The molecule has 0 fully saturated rings. The van der Waals surface area contributed by atoms with E-state index in [1.165, 1.54) is 15.6 Å². The van der Waals surface area contributed by atoms with E-state index < -0.39 is 20.0 Å². The summed E-state index contributed by atoms with van der Waals surface area (Å²) >= 11 is 1.25. The third-order valence-corrected chi connectivity index (χ3v) is 10.3. The zero-order chi connectivity index (χ0) is 22.2. The fourth-order valence-corrected chi connectivity index (χ4v) is 7.32. The molecule has 0 radical (unpaired) electrons. The van der Waals surface area contributed by atoms with Gasteiger partial charge in [0.25, 0.3) is 10.0 Å². The van der Waals surface area contributed by atoms with Crippen molar-refractivity contribution in [1.29, 1.82) is 0 Å². The van der Waals surface area contributed by atoms with Crippen LogP contribution >= 0.6 is 11.3 Å². The third-order valence-electron chi connectivity index (χ3n) is 5.34. The van der Waals surface area contributed by atoms with Crippen molar-refractivity contribution in [2.45, 2.75) is 42.3 Å². The molecule has 4 rings (SSSR count). The molecule has 0 saturated carbocycles.